The quantitative estimate of drug-likeness (QED) is 0.388. The zero-order chi connectivity index (χ0) is 24.5. The SMILES string of the molecule is COc1cccc(-c2cnc(NCc3cc(OC)c(O)c(OC)c3)n2C)c1.O=C(O)C(=O)O. The highest BCUT2D eigenvalue weighted by molar-refractivity contribution is 6.27. The van der Waals surface area contributed by atoms with Crippen molar-refractivity contribution in [2.24, 2.45) is 7.05 Å². The monoisotopic (exact) mass is 459 g/mol. The number of hydrogen-bond acceptors (Lipinski definition) is 8. The van der Waals surface area contributed by atoms with Gasteiger partial charge >= 0.3 is 11.9 Å². The summed E-state index contributed by atoms with van der Waals surface area (Å²) in [6, 6.07) is 11.4. The van der Waals surface area contributed by atoms with E-state index < -0.39 is 11.9 Å². The van der Waals surface area contributed by atoms with Crippen molar-refractivity contribution in [3.63, 3.8) is 0 Å². The molecule has 0 unspecified atom stereocenters. The maximum atomic E-state index is 10.0. The number of aliphatic carboxylic acids is 2. The van der Waals surface area contributed by atoms with E-state index in [1.807, 2.05) is 42.1 Å². The zero-order valence-electron chi connectivity index (χ0n) is 18.5. The van der Waals surface area contributed by atoms with Gasteiger partial charge in [-0.15, -0.1) is 0 Å². The fourth-order valence-electron chi connectivity index (χ4n) is 2.86. The minimum absolute atomic E-state index is 0.0129. The van der Waals surface area contributed by atoms with Gasteiger partial charge in [-0.3, -0.25) is 0 Å². The number of phenolic OH excluding ortho intramolecular Hbond substituents is 1. The summed E-state index contributed by atoms with van der Waals surface area (Å²) in [4.78, 5) is 22.7. The van der Waals surface area contributed by atoms with Crippen molar-refractivity contribution in [1.29, 1.82) is 0 Å². The zero-order valence-corrected chi connectivity index (χ0v) is 18.5. The van der Waals surface area contributed by atoms with E-state index in [2.05, 4.69) is 10.3 Å². The molecule has 4 N–H and O–H groups in total. The van der Waals surface area contributed by atoms with E-state index in [0.717, 1.165) is 28.5 Å². The van der Waals surface area contributed by atoms with Crippen molar-refractivity contribution >= 4 is 17.9 Å². The fourth-order valence-corrected chi connectivity index (χ4v) is 2.86. The lowest BCUT2D eigenvalue weighted by Gasteiger charge is -2.13. The van der Waals surface area contributed by atoms with Crippen LogP contribution in [0.25, 0.3) is 11.3 Å². The highest BCUT2D eigenvalue weighted by atomic mass is 16.5. The maximum Gasteiger partial charge on any atom is 0.414 e. The molecular formula is C22H25N3O8. The number of hydrogen-bond donors (Lipinski definition) is 4. The molecule has 0 fully saturated rings. The Hall–Kier alpha value is -4.41. The summed E-state index contributed by atoms with van der Waals surface area (Å²) in [5.41, 5.74) is 2.88. The number of anilines is 1. The van der Waals surface area contributed by atoms with E-state index in [1.54, 1.807) is 19.2 Å². The van der Waals surface area contributed by atoms with Crippen molar-refractivity contribution in [3.8, 4) is 34.3 Å². The predicted octanol–water partition coefficient (Wildman–Crippen LogP) is 2.59. The molecule has 0 bridgehead atoms. The Kier molecular flexibility index (Phi) is 8.49. The number of nitrogens with zero attached hydrogens (tertiary/aromatic N) is 2. The van der Waals surface area contributed by atoms with E-state index in [1.165, 1.54) is 14.2 Å². The third kappa shape index (κ3) is 6.29. The Morgan fingerprint density at radius 1 is 1.00 bits per heavy atom. The molecule has 0 saturated carbocycles. The third-order valence-electron chi connectivity index (χ3n) is 4.53. The molecule has 3 rings (SSSR count). The van der Waals surface area contributed by atoms with Gasteiger partial charge in [-0.1, -0.05) is 12.1 Å². The predicted molar refractivity (Wildman–Crippen MR) is 119 cm³/mol. The van der Waals surface area contributed by atoms with Crippen LogP contribution in [0.15, 0.2) is 42.6 Å². The van der Waals surface area contributed by atoms with Crippen LogP contribution >= 0.6 is 0 Å². The van der Waals surface area contributed by atoms with Gasteiger partial charge in [-0.2, -0.15) is 0 Å². The summed E-state index contributed by atoms with van der Waals surface area (Å²) in [5, 5.41) is 28.1. The summed E-state index contributed by atoms with van der Waals surface area (Å²) in [6.45, 7) is 0.495. The lowest BCUT2D eigenvalue weighted by atomic mass is 10.1. The van der Waals surface area contributed by atoms with Gasteiger partial charge in [0, 0.05) is 19.2 Å². The van der Waals surface area contributed by atoms with Crippen molar-refractivity contribution < 1.29 is 39.1 Å². The number of carbonyl (C=O) groups is 2. The van der Waals surface area contributed by atoms with Gasteiger partial charge in [-0.25, -0.2) is 14.6 Å². The van der Waals surface area contributed by atoms with Crippen LogP contribution in [0.1, 0.15) is 5.56 Å². The molecule has 176 valence electrons. The number of aromatic hydroxyl groups is 1. The first-order valence-corrected chi connectivity index (χ1v) is 9.51. The second kappa shape index (κ2) is 11.3. The average Bonchev–Trinajstić information content (AvgIpc) is 3.18. The minimum Gasteiger partial charge on any atom is -0.502 e. The largest absolute Gasteiger partial charge is 0.502 e. The van der Waals surface area contributed by atoms with Gasteiger partial charge in [-0.05, 0) is 29.8 Å². The van der Waals surface area contributed by atoms with Crippen LogP contribution in [0.3, 0.4) is 0 Å². The molecular weight excluding hydrogens is 434 g/mol. The highest BCUT2D eigenvalue weighted by Crippen LogP contribution is 2.37. The summed E-state index contributed by atoms with van der Waals surface area (Å²) in [6.07, 6.45) is 1.81. The van der Waals surface area contributed by atoms with E-state index in [-0.39, 0.29) is 5.75 Å². The first-order valence-electron chi connectivity index (χ1n) is 9.51. The lowest BCUT2D eigenvalue weighted by Crippen LogP contribution is -2.09. The maximum absolute atomic E-state index is 10.0. The van der Waals surface area contributed by atoms with Crippen molar-refractivity contribution in [2.45, 2.75) is 6.54 Å². The van der Waals surface area contributed by atoms with Crippen LogP contribution in [-0.2, 0) is 23.2 Å². The second-order valence-electron chi connectivity index (χ2n) is 6.57. The molecule has 0 radical (unpaired) electrons. The number of rotatable bonds is 7. The van der Waals surface area contributed by atoms with Crippen LogP contribution in [0.2, 0.25) is 0 Å². The Bertz CT molecular complexity index is 1090. The Morgan fingerprint density at radius 3 is 2.12 bits per heavy atom. The number of phenols is 1. The molecule has 0 aliphatic rings. The Labute approximate surface area is 189 Å². The standard InChI is InChI=1S/C20H23N3O4.C2H2O4/c1-23-16(14-6-5-7-15(10-14)25-2)12-22-20(23)21-11-13-8-17(26-3)19(24)18(9-13)27-4;3-1(4)2(5)6/h5-10,12,24H,11H2,1-4H3,(H,21,22);(H,3,4)(H,5,6). The van der Waals surface area contributed by atoms with E-state index in [0.29, 0.717) is 18.0 Å². The summed E-state index contributed by atoms with van der Waals surface area (Å²) >= 11 is 0. The van der Waals surface area contributed by atoms with Gasteiger partial charge in [0.1, 0.15) is 5.75 Å². The van der Waals surface area contributed by atoms with Crippen molar-refractivity contribution in [3.05, 3.63) is 48.2 Å². The number of carboxylic acids is 2. The van der Waals surface area contributed by atoms with Crippen LogP contribution in [-0.4, -0.2) is 58.1 Å². The van der Waals surface area contributed by atoms with E-state index >= 15 is 0 Å². The number of benzene rings is 2. The van der Waals surface area contributed by atoms with Crippen LogP contribution in [0.4, 0.5) is 5.95 Å². The number of imidazole rings is 1. The van der Waals surface area contributed by atoms with Gasteiger partial charge in [0.2, 0.25) is 11.7 Å². The van der Waals surface area contributed by atoms with E-state index in [4.69, 9.17) is 34.0 Å². The molecule has 0 aliphatic carbocycles. The summed E-state index contributed by atoms with van der Waals surface area (Å²) < 4.78 is 17.7. The van der Waals surface area contributed by atoms with Crippen molar-refractivity contribution in [2.75, 3.05) is 26.6 Å². The van der Waals surface area contributed by atoms with Gasteiger partial charge < -0.3 is 39.4 Å². The first-order chi connectivity index (χ1) is 15.7. The molecule has 0 spiro atoms. The molecule has 11 nitrogen and oxygen atoms in total. The molecule has 0 aliphatic heterocycles. The molecule has 1 heterocycles. The summed E-state index contributed by atoms with van der Waals surface area (Å²) in [5.74, 6) is -1.41. The Morgan fingerprint density at radius 2 is 1.61 bits per heavy atom. The smallest absolute Gasteiger partial charge is 0.414 e. The number of aromatic nitrogens is 2. The first kappa shape index (κ1) is 24.9. The second-order valence-corrected chi connectivity index (χ2v) is 6.57. The molecule has 0 atom stereocenters. The molecule has 0 saturated heterocycles. The summed E-state index contributed by atoms with van der Waals surface area (Å²) in [7, 11) is 6.60. The lowest BCUT2D eigenvalue weighted by molar-refractivity contribution is -0.159. The van der Waals surface area contributed by atoms with Gasteiger partial charge in [0.15, 0.2) is 11.5 Å². The van der Waals surface area contributed by atoms with Gasteiger partial charge in [0.25, 0.3) is 0 Å². The molecule has 0 amide bonds. The minimum atomic E-state index is -1.82. The molecule has 11 heteroatoms. The van der Waals surface area contributed by atoms with Crippen molar-refractivity contribution in [1.82, 2.24) is 9.55 Å². The highest BCUT2D eigenvalue weighted by Gasteiger charge is 2.13. The fraction of sp³-hybridized carbons (Fsp3) is 0.227. The van der Waals surface area contributed by atoms with Crippen LogP contribution in [0.5, 0.6) is 23.0 Å². The Balaban J connectivity index is 0.000000569. The van der Waals surface area contributed by atoms with Crippen LogP contribution < -0.4 is 19.5 Å². The number of ether oxygens (including phenoxy) is 3. The molecule has 3 aromatic rings. The van der Waals surface area contributed by atoms with Gasteiger partial charge in [0.05, 0.1) is 33.2 Å². The average molecular weight is 459 g/mol. The normalized spacial score (nSPS) is 9.94. The number of carboxylic acid groups (broad SMARTS) is 2. The molecule has 1 aromatic heterocycles. The topological polar surface area (TPSA) is 152 Å². The molecule has 33 heavy (non-hydrogen) atoms. The van der Waals surface area contributed by atoms with E-state index in [9.17, 15) is 5.11 Å². The number of methoxy groups -OCH3 is 3. The third-order valence-corrected chi connectivity index (χ3v) is 4.53. The number of nitrogens with one attached hydrogen (secondary N) is 1. The van der Waals surface area contributed by atoms with Crippen LogP contribution in [0, 0.1) is 0 Å². The molecule has 2 aromatic carbocycles.